The molecule has 1 atom stereocenters. The minimum absolute atomic E-state index is 0.0550. The van der Waals surface area contributed by atoms with E-state index >= 15 is 0 Å². The van der Waals surface area contributed by atoms with E-state index in [0.717, 1.165) is 33.2 Å². The average Bonchev–Trinajstić information content (AvgIpc) is 2.77. The van der Waals surface area contributed by atoms with Crippen molar-refractivity contribution in [1.82, 2.24) is 4.90 Å². The zero-order chi connectivity index (χ0) is 21.3. The van der Waals surface area contributed by atoms with Gasteiger partial charge < -0.3 is 10.6 Å². The number of amides is 1. The smallest absolute Gasteiger partial charge is 0.254 e. The van der Waals surface area contributed by atoms with Crippen LogP contribution in [0.4, 0.5) is 10.1 Å². The number of benzene rings is 4. The number of hydrogen-bond acceptors (Lipinski definition) is 2. The van der Waals surface area contributed by atoms with Crippen LogP contribution in [0.3, 0.4) is 0 Å². The van der Waals surface area contributed by atoms with Crippen LogP contribution in [0, 0.1) is 5.82 Å². The Bertz CT molecular complexity index is 1200. The SMILES string of the molecule is CC(c1cccc2cc(N)ccc12)N(C)C(=O)c1ccc(-c2ccc(F)cc2)cc1. The molecule has 0 aromatic heterocycles. The van der Waals surface area contributed by atoms with E-state index in [1.54, 1.807) is 17.0 Å². The van der Waals surface area contributed by atoms with Gasteiger partial charge in [-0.3, -0.25) is 4.79 Å². The van der Waals surface area contributed by atoms with Crippen LogP contribution in [0.5, 0.6) is 0 Å². The molecule has 0 saturated carbocycles. The highest BCUT2D eigenvalue weighted by atomic mass is 19.1. The van der Waals surface area contributed by atoms with Crippen LogP contribution in [0.2, 0.25) is 0 Å². The molecule has 1 amide bonds. The summed E-state index contributed by atoms with van der Waals surface area (Å²) in [5, 5.41) is 2.15. The summed E-state index contributed by atoms with van der Waals surface area (Å²) in [5.41, 5.74) is 10.2. The fourth-order valence-corrected chi connectivity index (χ4v) is 3.73. The van der Waals surface area contributed by atoms with Crippen LogP contribution >= 0.6 is 0 Å². The fourth-order valence-electron chi connectivity index (χ4n) is 3.73. The molecule has 0 radical (unpaired) electrons. The molecule has 4 rings (SSSR count). The molecular formula is C26H23FN2O. The lowest BCUT2D eigenvalue weighted by Gasteiger charge is -2.26. The highest BCUT2D eigenvalue weighted by Crippen LogP contribution is 2.30. The Morgan fingerprint density at radius 1 is 0.900 bits per heavy atom. The van der Waals surface area contributed by atoms with Crippen molar-refractivity contribution in [2.45, 2.75) is 13.0 Å². The van der Waals surface area contributed by atoms with Gasteiger partial charge in [0.2, 0.25) is 0 Å². The molecular weight excluding hydrogens is 375 g/mol. The van der Waals surface area contributed by atoms with Gasteiger partial charge in [0, 0.05) is 18.3 Å². The molecule has 30 heavy (non-hydrogen) atoms. The van der Waals surface area contributed by atoms with Crippen LogP contribution in [0.1, 0.15) is 28.9 Å². The fraction of sp³-hybridized carbons (Fsp3) is 0.115. The molecule has 2 N–H and O–H groups in total. The van der Waals surface area contributed by atoms with Gasteiger partial charge in [0.15, 0.2) is 0 Å². The highest BCUT2D eigenvalue weighted by Gasteiger charge is 2.20. The van der Waals surface area contributed by atoms with Crippen LogP contribution in [-0.2, 0) is 0 Å². The first kappa shape index (κ1) is 19.6. The normalized spacial score (nSPS) is 12.0. The van der Waals surface area contributed by atoms with E-state index in [1.165, 1.54) is 12.1 Å². The van der Waals surface area contributed by atoms with Crippen LogP contribution in [-0.4, -0.2) is 17.9 Å². The van der Waals surface area contributed by atoms with Gasteiger partial charge in [-0.1, -0.05) is 48.5 Å². The molecule has 0 bridgehead atoms. The van der Waals surface area contributed by atoms with E-state index < -0.39 is 0 Å². The summed E-state index contributed by atoms with van der Waals surface area (Å²) in [6.45, 7) is 2.02. The molecule has 1 unspecified atom stereocenters. The number of nitrogens with zero attached hydrogens (tertiary/aromatic N) is 1. The number of anilines is 1. The second-order valence-corrected chi connectivity index (χ2v) is 7.50. The Balaban J connectivity index is 1.58. The molecule has 4 aromatic rings. The van der Waals surface area contributed by atoms with Crippen LogP contribution < -0.4 is 5.73 Å². The molecule has 0 aliphatic heterocycles. The molecule has 0 aliphatic carbocycles. The van der Waals surface area contributed by atoms with Crippen molar-refractivity contribution in [3.8, 4) is 11.1 Å². The van der Waals surface area contributed by atoms with Crippen molar-refractivity contribution in [2.75, 3.05) is 12.8 Å². The first-order valence-electron chi connectivity index (χ1n) is 9.85. The Labute approximate surface area is 175 Å². The lowest BCUT2D eigenvalue weighted by atomic mass is 9.98. The van der Waals surface area contributed by atoms with Crippen molar-refractivity contribution >= 4 is 22.4 Å². The predicted octanol–water partition coefficient (Wildman–Crippen LogP) is 6.06. The topological polar surface area (TPSA) is 46.3 Å². The zero-order valence-corrected chi connectivity index (χ0v) is 17.0. The van der Waals surface area contributed by atoms with Crippen molar-refractivity contribution in [3.63, 3.8) is 0 Å². The van der Waals surface area contributed by atoms with Gasteiger partial charge in [-0.15, -0.1) is 0 Å². The third-order valence-corrected chi connectivity index (χ3v) is 5.60. The minimum atomic E-state index is -0.266. The summed E-state index contributed by atoms with van der Waals surface area (Å²) in [6.07, 6.45) is 0. The number of nitrogen functional groups attached to an aromatic ring is 1. The van der Waals surface area contributed by atoms with E-state index in [0.29, 0.717) is 5.56 Å². The van der Waals surface area contributed by atoms with E-state index in [-0.39, 0.29) is 17.8 Å². The first-order valence-corrected chi connectivity index (χ1v) is 9.85. The average molecular weight is 398 g/mol. The van der Waals surface area contributed by atoms with Crippen molar-refractivity contribution in [2.24, 2.45) is 0 Å². The van der Waals surface area contributed by atoms with E-state index in [2.05, 4.69) is 0 Å². The predicted molar refractivity (Wildman–Crippen MR) is 121 cm³/mol. The number of nitrogens with two attached hydrogens (primary N) is 1. The summed E-state index contributed by atoms with van der Waals surface area (Å²) in [7, 11) is 1.82. The quantitative estimate of drug-likeness (QED) is 0.425. The Morgan fingerprint density at radius 3 is 2.20 bits per heavy atom. The van der Waals surface area contributed by atoms with E-state index in [1.807, 2.05) is 74.6 Å². The molecule has 0 saturated heterocycles. The highest BCUT2D eigenvalue weighted by molar-refractivity contribution is 5.95. The van der Waals surface area contributed by atoms with Crippen molar-refractivity contribution in [3.05, 3.63) is 102 Å². The van der Waals surface area contributed by atoms with Crippen molar-refractivity contribution < 1.29 is 9.18 Å². The summed E-state index contributed by atoms with van der Waals surface area (Å²) < 4.78 is 13.1. The third-order valence-electron chi connectivity index (χ3n) is 5.60. The maximum absolute atomic E-state index is 13.1. The van der Waals surface area contributed by atoms with Gasteiger partial charge in [0.25, 0.3) is 5.91 Å². The second-order valence-electron chi connectivity index (χ2n) is 7.50. The molecule has 0 aliphatic rings. The van der Waals surface area contributed by atoms with Crippen LogP contribution in [0.25, 0.3) is 21.9 Å². The molecule has 0 fully saturated rings. The lowest BCUT2D eigenvalue weighted by Crippen LogP contribution is -2.29. The van der Waals surface area contributed by atoms with Gasteiger partial charge >= 0.3 is 0 Å². The zero-order valence-electron chi connectivity index (χ0n) is 17.0. The number of carbonyl (C=O) groups is 1. The van der Waals surface area contributed by atoms with Crippen molar-refractivity contribution in [1.29, 1.82) is 0 Å². The third kappa shape index (κ3) is 3.77. The number of rotatable bonds is 4. The summed E-state index contributed by atoms with van der Waals surface area (Å²) in [5.74, 6) is -0.321. The largest absolute Gasteiger partial charge is 0.399 e. The van der Waals surface area contributed by atoms with Gasteiger partial charge in [0.05, 0.1) is 6.04 Å². The van der Waals surface area contributed by atoms with Gasteiger partial charge in [0.1, 0.15) is 5.82 Å². The number of carbonyl (C=O) groups excluding carboxylic acids is 1. The molecule has 4 heteroatoms. The van der Waals surface area contributed by atoms with E-state index in [9.17, 15) is 9.18 Å². The first-order chi connectivity index (χ1) is 14.4. The van der Waals surface area contributed by atoms with Gasteiger partial charge in [-0.2, -0.15) is 0 Å². The van der Waals surface area contributed by atoms with Gasteiger partial charge in [-0.25, -0.2) is 4.39 Å². The van der Waals surface area contributed by atoms with Crippen LogP contribution in [0.15, 0.2) is 84.9 Å². The lowest BCUT2D eigenvalue weighted by molar-refractivity contribution is 0.0743. The molecule has 0 spiro atoms. The maximum atomic E-state index is 13.1. The maximum Gasteiger partial charge on any atom is 0.254 e. The second kappa shape index (κ2) is 7.99. The van der Waals surface area contributed by atoms with Gasteiger partial charge in [-0.05, 0) is 70.8 Å². The number of halogens is 1. The Hall–Kier alpha value is -3.66. The summed E-state index contributed by atoms with van der Waals surface area (Å²) in [6, 6.07) is 25.5. The molecule has 150 valence electrons. The minimum Gasteiger partial charge on any atom is -0.399 e. The summed E-state index contributed by atoms with van der Waals surface area (Å²) in [4.78, 5) is 14.8. The Morgan fingerprint density at radius 2 is 1.53 bits per heavy atom. The monoisotopic (exact) mass is 398 g/mol. The van der Waals surface area contributed by atoms with E-state index in [4.69, 9.17) is 5.73 Å². The molecule has 0 heterocycles. The number of hydrogen-bond donors (Lipinski definition) is 1. The Kier molecular flexibility index (Phi) is 5.23. The number of fused-ring (bicyclic) bond motifs is 1. The summed E-state index contributed by atoms with van der Waals surface area (Å²) >= 11 is 0. The molecule has 3 nitrogen and oxygen atoms in total. The standard InChI is InChI=1S/C26H23FN2O/c1-17(24-5-3-4-21-16-23(28)14-15-25(21)24)29(2)26(30)20-8-6-18(7-9-20)19-10-12-22(27)13-11-19/h3-17H,28H2,1-2H3. The molecule has 4 aromatic carbocycles.